The molecule has 1 N–H and O–H groups in total. The first-order chi connectivity index (χ1) is 28.1. The lowest BCUT2D eigenvalue weighted by atomic mass is 9.90. The molecule has 2 aliphatic rings. The van der Waals surface area contributed by atoms with Crippen LogP contribution in [0.25, 0.3) is 0 Å². The summed E-state index contributed by atoms with van der Waals surface area (Å²) < 4.78 is 45.6. The third kappa shape index (κ3) is 11.4. The minimum atomic E-state index is -1.93. The zero-order chi connectivity index (χ0) is 39.1. The highest BCUT2D eigenvalue weighted by atomic mass is 32.2. The van der Waals surface area contributed by atoms with Crippen LogP contribution in [0, 0.1) is 0 Å². The molecule has 2 heterocycles. The largest absolute Gasteiger partial charge is 0.497 e. The fourth-order valence-electron chi connectivity index (χ4n) is 6.88. The Hall–Kier alpha value is -3.94. The second-order valence-electron chi connectivity index (χ2n) is 13.9. The number of ether oxygens (including phenoxy) is 7. The average molecular weight is 807 g/mol. The molecular formula is C47H50O8S2. The van der Waals surface area contributed by atoms with Crippen molar-refractivity contribution in [2.24, 2.45) is 0 Å². The van der Waals surface area contributed by atoms with Gasteiger partial charge in [0, 0.05) is 16.4 Å². The molecular weight excluding hydrogens is 757 g/mol. The fourth-order valence-corrected chi connectivity index (χ4v) is 9.39. The van der Waals surface area contributed by atoms with E-state index < -0.39 is 30.2 Å². The lowest BCUT2D eigenvalue weighted by Crippen LogP contribution is -2.67. The van der Waals surface area contributed by atoms with Gasteiger partial charge in [0.2, 0.25) is 5.79 Å². The molecule has 8 nitrogen and oxygen atoms in total. The minimum absolute atomic E-state index is 0.141. The molecule has 0 aromatic heterocycles. The third-order valence-electron chi connectivity index (χ3n) is 9.79. The van der Waals surface area contributed by atoms with Gasteiger partial charge in [0.1, 0.15) is 30.2 Å². The molecule has 57 heavy (non-hydrogen) atoms. The van der Waals surface area contributed by atoms with Gasteiger partial charge in [-0.15, -0.1) is 23.5 Å². The Morgan fingerprint density at radius 2 is 1.02 bits per heavy atom. The lowest BCUT2D eigenvalue weighted by Gasteiger charge is -2.51. The van der Waals surface area contributed by atoms with Crippen LogP contribution in [0.5, 0.6) is 5.75 Å². The Labute approximate surface area is 344 Å². The van der Waals surface area contributed by atoms with Crippen LogP contribution < -0.4 is 4.74 Å². The first-order valence-electron chi connectivity index (χ1n) is 19.3. The summed E-state index contributed by atoms with van der Waals surface area (Å²) in [6, 6.07) is 47.9. The zero-order valence-corrected chi connectivity index (χ0v) is 33.8. The molecule has 5 aromatic carbocycles. The maximum atomic E-state index is 13.3. The van der Waals surface area contributed by atoms with Gasteiger partial charge in [0.05, 0.1) is 58.3 Å². The SMILES string of the molecule is COc1ccc(COCC2=C([C@]3(O)O[C@H](COCc4ccccc4)[C@@H](OCc4ccccc4)[C@H](OCc4ccccc4)[C@H]3OCc3ccccc3)SCCS2)cc1. The molecule has 0 saturated carbocycles. The number of benzene rings is 5. The summed E-state index contributed by atoms with van der Waals surface area (Å²) >= 11 is 3.25. The van der Waals surface area contributed by atoms with E-state index in [2.05, 4.69) is 0 Å². The summed E-state index contributed by atoms with van der Waals surface area (Å²) in [4.78, 5) is 1.56. The second-order valence-corrected chi connectivity index (χ2v) is 16.2. The molecule has 10 heteroatoms. The van der Waals surface area contributed by atoms with Gasteiger partial charge in [-0.2, -0.15) is 0 Å². The van der Waals surface area contributed by atoms with Crippen LogP contribution in [0.1, 0.15) is 27.8 Å². The van der Waals surface area contributed by atoms with Gasteiger partial charge < -0.3 is 38.3 Å². The summed E-state index contributed by atoms with van der Waals surface area (Å²) in [5.41, 5.74) is 5.00. The van der Waals surface area contributed by atoms with E-state index in [1.165, 1.54) is 0 Å². The Kier molecular flexibility index (Phi) is 15.3. The van der Waals surface area contributed by atoms with Crippen LogP contribution in [-0.2, 0) is 61.5 Å². The predicted molar refractivity (Wildman–Crippen MR) is 226 cm³/mol. The van der Waals surface area contributed by atoms with Crippen molar-refractivity contribution in [3.63, 3.8) is 0 Å². The van der Waals surface area contributed by atoms with Crippen LogP contribution in [0.15, 0.2) is 155 Å². The number of hydrogen-bond acceptors (Lipinski definition) is 10. The van der Waals surface area contributed by atoms with Gasteiger partial charge >= 0.3 is 0 Å². The van der Waals surface area contributed by atoms with Crippen molar-refractivity contribution < 1.29 is 38.3 Å². The van der Waals surface area contributed by atoms with E-state index in [4.69, 9.17) is 33.2 Å². The van der Waals surface area contributed by atoms with E-state index >= 15 is 0 Å². The zero-order valence-electron chi connectivity index (χ0n) is 32.2. The molecule has 1 fully saturated rings. The molecule has 0 aliphatic carbocycles. The lowest BCUT2D eigenvalue weighted by molar-refractivity contribution is -0.353. The van der Waals surface area contributed by atoms with Crippen LogP contribution in [-0.4, -0.2) is 67.1 Å². The van der Waals surface area contributed by atoms with E-state index in [-0.39, 0.29) is 26.4 Å². The first-order valence-corrected chi connectivity index (χ1v) is 21.2. The highest BCUT2D eigenvalue weighted by molar-refractivity contribution is 8.10. The van der Waals surface area contributed by atoms with Crippen LogP contribution in [0.2, 0.25) is 0 Å². The summed E-state index contributed by atoms with van der Waals surface area (Å²) in [6.07, 6.45) is -3.18. The number of hydrogen-bond donors (Lipinski definition) is 1. The molecule has 2 aliphatic heterocycles. The highest BCUT2D eigenvalue weighted by Crippen LogP contribution is 2.48. The van der Waals surface area contributed by atoms with Gasteiger partial charge in [-0.25, -0.2) is 0 Å². The topological polar surface area (TPSA) is 84.8 Å². The molecule has 1 saturated heterocycles. The Morgan fingerprint density at radius 1 is 0.544 bits per heavy atom. The van der Waals surface area contributed by atoms with E-state index in [0.29, 0.717) is 24.7 Å². The average Bonchev–Trinajstić information content (AvgIpc) is 3.27. The smallest absolute Gasteiger partial charge is 0.229 e. The molecule has 0 radical (unpaired) electrons. The van der Waals surface area contributed by atoms with Crippen LogP contribution in [0.4, 0.5) is 0 Å². The van der Waals surface area contributed by atoms with E-state index in [1.54, 1.807) is 30.6 Å². The molecule has 0 unspecified atom stereocenters. The van der Waals surface area contributed by atoms with Gasteiger partial charge in [0.25, 0.3) is 0 Å². The van der Waals surface area contributed by atoms with Crippen molar-refractivity contribution in [1.29, 1.82) is 0 Å². The number of aliphatic hydroxyl groups is 1. The minimum Gasteiger partial charge on any atom is -0.497 e. The molecule has 0 spiro atoms. The van der Waals surface area contributed by atoms with Crippen molar-refractivity contribution in [1.82, 2.24) is 0 Å². The van der Waals surface area contributed by atoms with Gasteiger partial charge in [-0.1, -0.05) is 133 Å². The van der Waals surface area contributed by atoms with E-state index in [1.807, 2.05) is 146 Å². The summed E-state index contributed by atoms with van der Waals surface area (Å²) in [7, 11) is 1.65. The van der Waals surface area contributed by atoms with Crippen molar-refractivity contribution in [3.8, 4) is 5.75 Å². The molecule has 7 rings (SSSR count). The number of thioether (sulfide) groups is 2. The Balaban J connectivity index is 1.25. The van der Waals surface area contributed by atoms with Crippen LogP contribution >= 0.6 is 23.5 Å². The third-order valence-corrected chi connectivity index (χ3v) is 12.5. The van der Waals surface area contributed by atoms with Crippen molar-refractivity contribution in [2.75, 3.05) is 31.8 Å². The van der Waals surface area contributed by atoms with E-state index in [0.717, 1.165) is 50.0 Å². The van der Waals surface area contributed by atoms with Gasteiger partial charge in [-0.05, 0) is 39.9 Å². The molecule has 5 atom stereocenters. The first kappa shape index (κ1) is 41.2. The van der Waals surface area contributed by atoms with Gasteiger partial charge in [0.15, 0.2) is 0 Å². The van der Waals surface area contributed by atoms with Crippen molar-refractivity contribution in [3.05, 3.63) is 183 Å². The summed E-state index contributed by atoms with van der Waals surface area (Å²) in [5, 5.41) is 13.3. The maximum Gasteiger partial charge on any atom is 0.229 e. The second kappa shape index (κ2) is 21.2. The molecule has 298 valence electrons. The Morgan fingerprint density at radius 3 is 1.58 bits per heavy atom. The van der Waals surface area contributed by atoms with E-state index in [9.17, 15) is 5.11 Å². The normalized spacial score (nSPS) is 22.4. The van der Waals surface area contributed by atoms with Crippen LogP contribution in [0.3, 0.4) is 0 Å². The summed E-state index contributed by atoms with van der Waals surface area (Å²) in [6.45, 7) is 1.98. The predicted octanol–water partition coefficient (Wildman–Crippen LogP) is 8.96. The maximum absolute atomic E-state index is 13.3. The number of methoxy groups -OCH3 is 1. The molecule has 5 aromatic rings. The van der Waals surface area contributed by atoms with Crippen molar-refractivity contribution in [2.45, 2.75) is 63.2 Å². The monoisotopic (exact) mass is 806 g/mol. The highest BCUT2D eigenvalue weighted by Gasteiger charge is 2.59. The standard InChI is InChI=1S/C47H50O8S2/c1-49-40-24-22-39(23-25-40)29-51-34-42-46(57-27-26-56-42)47(48)45(54-32-38-20-12-5-13-21-38)44(53-31-37-18-10-4-11-19-37)43(52-30-36-16-8-3-9-17-36)41(55-47)33-50-28-35-14-6-2-7-15-35/h2-25,41,43-45,48H,26-34H2,1H3/t41-,43-,44+,45-,47-/m1/s1. The van der Waals surface area contributed by atoms with Gasteiger partial charge in [-0.3, -0.25) is 0 Å². The Bertz CT molecular complexity index is 1950. The quantitative estimate of drug-likeness (QED) is 0.0874. The van der Waals surface area contributed by atoms with Crippen molar-refractivity contribution >= 4 is 23.5 Å². The number of rotatable bonds is 19. The fraction of sp³-hybridized carbons (Fsp3) is 0.319. The molecule has 0 bridgehead atoms. The molecule has 0 amide bonds. The summed E-state index contributed by atoms with van der Waals surface area (Å²) in [5.74, 6) is 0.498.